The minimum Gasteiger partial charge on any atom is -0.489 e. The molecule has 0 saturated carbocycles. The molecule has 1 aromatic carbocycles. The van der Waals surface area contributed by atoms with Crippen LogP contribution in [0.15, 0.2) is 18.2 Å². The van der Waals surface area contributed by atoms with Crippen molar-refractivity contribution in [2.45, 2.75) is 33.3 Å². The Kier molecular flexibility index (Phi) is 6.24. The highest BCUT2D eigenvalue weighted by Gasteiger charge is 2.12. The van der Waals surface area contributed by atoms with Crippen LogP contribution in [0, 0.1) is 10.1 Å². The molecule has 112 valence electrons. The Labute approximate surface area is 119 Å². The molecule has 6 nitrogen and oxygen atoms in total. The molecule has 0 aliphatic rings. The lowest BCUT2D eigenvalue weighted by atomic mass is 10.2. The third kappa shape index (κ3) is 4.70. The number of hydrogen-bond acceptors (Lipinski definition) is 5. The van der Waals surface area contributed by atoms with Crippen LogP contribution < -0.4 is 10.5 Å². The maximum Gasteiger partial charge on any atom is 0.271 e. The van der Waals surface area contributed by atoms with Gasteiger partial charge in [-0.15, -0.1) is 0 Å². The van der Waals surface area contributed by atoms with Gasteiger partial charge in [0, 0.05) is 18.7 Å². The molecule has 0 fully saturated rings. The highest BCUT2D eigenvalue weighted by atomic mass is 16.6. The van der Waals surface area contributed by atoms with Crippen molar-refractivity contribution in [2.75, 3.05) is 25.4 Å². The molecule has 0 aliphatic heterocycles. The molecule has 0 aromatic heterocycles. The SMILES string of the molecule is CCN(CC)CCC(C)Oc1ccc([N+](=O)[O-])cc1N. The molecule has 1 rings (SSSR count). The fraction of sp³-hybridized carbons (Fsp3) is 0.571. The van der Waals surface area contributed by atoms with Crippen LogP contribution in [-0.2, 0) is 0 Å². The van der Waals surface area contributed by atoms with Gasteiger partial charge in [0.1, 0.15) is 5.75 Å². The van der Waals surface area contributed by atoms with Gasteiger partial charge in [0.15, 0.2) is 0 Å². The van der Waals surface area contributed by atoms with Crippen molar-refractivity contribution in [3.05, 3.63) is 28.3 Å². The van der Waals surface area contributed by atoms with Crippen LogP contribution in [-0.4, -0.2) is 35.6 Å². The van der Waals surface area contributed by atoms with Crippen molar-refractivity contribution in [3.63, 3.8) is 0 Å². The average molecular weight is 281 g/mol. The van der Waals surface area contributed by atoms with Gasteiger partial charge in [-0.25, -0.2) is 0 Å². The van der Waals surface area contributed by atoms with Gasteiger partial charge in [0.05, 0.1) is 16.7 Å². The molecule has 6 heteroatoms. The normalized spacial score (nSPS) is 12.4. The number of nitrogens with zero attached hydrogens (tertiary/aromatic N) is 2. The molecular formula is C14H23N3O3. The zero-order valence-corrected chi connectivity index (χ0v) is 12.3. The Bertz CT molecular complexity index is 447. The van der Waals surface area contributed by atoms with Crippen molar-refractivity contribution < 1.29 is 9.66 Å². The van der Waals surface area contributed by atoms with E-state index in [0.717, 1.165) is 26.1 Å². The summed E-state index contributed by atoms with van der Waals surface area (Å²) in [7, 11) is 0. The van der Waals surface area contributed by atoms with Crippen LogP contribution in [0.5, 0.6) is 5.75 Å². The molecule has 0 heterocycles. The zero-order valence-electron chi connectivity index (χ0n) is 12.3. The second-order valence-corrected chi connectivity index (χ2v) is 4.72. The largest absolute Gasteiger partial charge is 0.489 e. The van der Waals surface area contributed by atoms with Crippen LogP contribution >= 0.6 is 0 Å². The molecule has 0 radical (unpaired) electrons. The Morgan fingerprint density at radius 2 is 2.05 bits per heavy atom. The van der Waals surface area contributed by atoms with E-state index in [1.54, 1.807) is 6.07 Å². The van der Waals surface area contributed by atoms with E-state index in [9.17, 15) is 10.1 Å². The lowest BCUT2D eigenvalue weighted by molar-refractivity contribution is -0.384. The molecule has 1 atom stereocenters. The molecular weight excluding hydrogens is 258 g/mol. The number of benzene rings is 1. The predicted molar refractivity (Wildman–Crippen MR) is 80.0 cm³/mol. The van der Waals surface area contributed by atoms with Gasteiger partial charge in [0.25, 0.3) is 5.69 Å². The van der Waals surface area contributed by atoms with Crippen molar-refractivity contribution in [3.8, 4) is 5.75 Å². The molecule has 0 saturated heterocycles. The van der Waals surface area contributed by atoms with Gasteiger partial charge in [-0.05, 0) is 32.5 Å². The van der Waals surface area contributed by atoms with Crippen LogP contribution in [0.25, 0.3) is 0 Å². The van der Waals surface area contributed by atoms with Crippen LogP contribution in [0.1, 0.15) is 27.2 Å². The highest BCUT2D eigenvalue weighted by Crippen LogP contribution is 2.27. The van der Waals surface area contributed by atoms with Gasteiger partial charge in [-0.2, -0.15) is 0 Å². The maximum atomic E-state index is 10.6. The topological polar surface area (TPSA) is 81.6 Å². The molecule has 0 amide bonds. The lowest BCUT2D eigenvalue weighted by Crippen LogP contribution is -2.28. The monoisotopic (exact) mass is 281 g/mol. The molecule has 1 unspecified atom stereocenters. The first-order chi connectivity index (χ1) is 9.47. The van der Waals surface area contributed by atoms with E-state index >= 15 is 0 Å². The van der Waals surface area contributed by atoms with E-state index in [1.807, 2.05) is 6.92 Å². The summed E-state index contributed by atoms with van der Waals surface area (Å²) in [5, 5.41) is 10.6. The van der Waals surface area contributed by atoms with E-state index in [4.69, 9.17) is 10.5 Å². The van der Waals surface area contributed by atoms with E-state index < -0.39 is 4.92 Å². The highest BCUT2D eigenvalue weighted by molar-refractivity contribution is 5.58. The molecule has 1 aromatic rings. The summed E-state index contributed by atoms with van der Waals surface area (Å²) in [4.78, 5) is 12.5. The number of ether oxygens (including phenoxy) is 1. The molecule has 0 spiro atoms. The summed E-state index contributed by atoms with van der Waals surface area (Å²) in [5.41, 5.74) is 6.05. The Balaban J connectivity index is 2.57. The zero-order chi connectivity index (χ0) is 15.1. The first-order valence-corrected chi connectivity index (χ1v) is 6.90. The maximum absolute atomic E-state index is 10.6. The standard InChI is InChI=1S/C14H23N3O3/c1-4-16(5-2)9-8-11(3)20-14-7-6-12(17(18)19)10-13(14)15/h6-7,10-11H,4-5,8-9,15H2,1-3H3. The smallest absolute Gasteiger partial charge is 0.271 e. The minimum atomic E-state index is -0.468. The summed E-state index contributed by atoms with van der Waals surface area (Å²) in [5.74, 6) is 0.502. The van der Waals surface area contributed by atoms with Crippen LogP contribution in [0.2, 0.25) is 0 Å². The molecule has 0 aliphatic carbocycles. The number of nitrogen functional groups attached to an aromatic ring is 1. The molecule has 20 heavy (non-hydrogen) atoms. The van der Waals surface area contributed by atoms with Gasteiger partial charge in [-0.1, -0.05) is 13.8 Å². The van der Waals surface area contributed by atoms with Gasteiger partial charge in [-0.3, -0.25) is 10.1 Å². The fourth-order valence-electron chi connectivity index (χ4n) is 1.94. The van der Waals surface area contributed by atoms with Crippen molar-refractivity contribution in [1.82, 2.24) is 4.90 Å². The number of nitrogens with two attached hydrogens (primary N) is 1. The Morgan fingerprint density at radius 3 is 2.55 bits per heavy atom. The summed E-state index contributed by atoms with van der Waals surface area (Å²) in [6.45, 7) is 9.23. The molecule has 2 N–H and O–H groups in total. The number of nitro benzene ring substituents is 1. The second-order valence-electron chi connectivity index (χ2n) is 4.72. The van der Waals surface area contributed by atoms with Crippen molar-refractivity contribution in [1.29, 1.82) is 0 Å². The Hall–Kier alpha value is -1.82. The van der Waals surface area contributed by atoms with E-state index in [2.05, 4.69) is 18.7 Å². The number of nitro groups is 1. The number of anilines is 1. The van der Waals surface area contributed by atoms with E-state index in [-0.39, 0.29) is 11.8 Å². The second kappa shape index (κ2) is 7.69. The number of rotatable bonds is 8. The van der Waals surface area contributed by atoms with Gasteiger partial charge in [0.2, 0.25) is 0 Å². The van der Waals surface area contributed by atoms with E-state index in [0.29, 0.717) is 11.4 Å². The number of non-ortho nitro benzene ring substituents is 1. The van der Waals surface area contributed by atoms with Gasteiger partial charge >= 0.3 is 0 Å². The predicted octanol–water partition coefficient (Wildman–Crippen LogP) is 2.68. The first kappa shape index (κ1) is 16.2. The number of hydrogen-bond donors (Lipinski definition) is 1. The summed E-state index contributed by atoms with van der Waals surface area (Å²) in [6, 6.07) is 4.29. The average Bonchev–Trinajstić information content (AvgIpc) is 2.42. The van der Waals surface area contributed by atoms with Crippen LogP contribution in [0.3, 0.4) is 0 Å². The summed E-state index contributed by atoms with van der Waals surface area (Å²) >= 11 is 0. The summed E-state index contributed by atoms with van der Waals surface area (Å²) in [6.07, 6.45) is 0.900. The van der Waals surface area contributed by atoms with Crippen molar-refractivity contribution in [2.24, 2.45) is 0 Å². The Morgan fingerprint density at radius 1 is 1.40 bits per heavy atom. The lowest BCUT2D eigenvalue weighted by Gasteiger charge is -2.21. The first-order valence-electron chi connectivity index (χ1n) is 6.90. The summed E-state index contributed by atoms with van der Waals surface area (Å²) < 4.78 is 5.74. The van der Waals surface area contributed by atoms with Crippen molar-refractivity contribution >= 4 is 11.4 Å². The quantitative estimate of drug-likeness (QED) is 0.450. The van der Waals surface area contributed by atoms with Crippen LogP contribution in [0.4, 0.5) is 11.4 Å². The van der Waals surface area contributed by atoms with E-state index in [1.165, 1.54) is 12.1 Å². The third-order valence-electron chi connectivity index (χ3n) is 3.28. The fourth-order valence-corrected chi connectivity index (χ4v) is 1.94. The third-order valence-corrected chi connectivity index (χ3v) is 3.28. The molecule has 0 bridgehead atoms. The van der Waals surface area contributed by atoms with Gasteiger partial charge < -0.3 is 15.4 Å². The minimum absolute atomic E-state index is 0.0133.